The van der Waals surface area contributed by atoms with Gasteiger partial charge in [-0.25, -0.2) is 0 Å². The van der Waals surface area contributed by atoms with E-state index in [4.69, 9.17) is 0 Å². The molecule has 86 valence electrons. The Labute approximate surface area is 187 Å². The molecule has 0 atom stereocenters. The van der Waals surface area contributed by atoms with Crippen LogP contribution in [0.15, 0.2) is 0 Å². The van der Waals surface area contributed by atoms with Crippen LogP contribution in [-0.4, -0.2) is 81.5 Å². The van der Waals surface area contributed by atoms with Crippen LogP contribution in [0, 0.1) is 0 Å². The van der Waals surface area contributed by atoms with Gasteiger partial charge in [0, 0.05) is 146 Å². The molecule has 0 unspecified atom stereocenters. The van der Waals surface area contributed by atoms with Crippen molar-refractivity contribution in [1.82, 2.24) is 0 Å². The average molecular weight is 397 g/mol. The Morgan fingerprint density at radius 1 is 0.200 bits per heavy atom. The van der Waals surface area contributed by atoms with Crippen molar-refractivity contribution in [1.29, 1.82) is 0 Å². The summed E-state index contributed by atoms with van der Waals surface area (Å²) in [6.07, 6.45) is 0. The van der Waals surface area contributed by atoms with Crippen LogP contribution in [0.2, 0.25) is 0 Å². The predicted octanol–water partition coefficient (Wildman–Crippen LogP) is -7.37. The topological polar surface area (TPSA) is 252 Å². The third-order valence-corrected chi connectivity index (χ3v) is 0. The van der Waals surface area contributed by atoms with Crippen molar-refractivity contribution in [2.45, 2.75) is 0 Å². The van der Waals surface area contributed by atoms with Crippen LogP contribution in [-0.2, 0) is 109 Å². The summed E-state index contributed by atoms with van der Waals surface area (Å²) in [5, 5.41) is 0. The molecule has 15 heteroatoms. The van der Waals surface area contributed by atoms with Crippen LogP contribution >= 0.6 is 0 Å². The average Bonchev–Trinajstić information content (AvgIpc) is 0. The summed E-state index contributed by atoms with van der Waals surface area (Å²) in [6.45, 7) is 0. The SMILES string of the molecule is O.O.O.O.O.O.O.O.[Li].[Li].[Ti].[Ti].[Ti].[Ti].[Ti]. The van der Waals surface area contributed by atoms with E-state index in [1.165, 1.54) is 0 Å². The Hall–Kier alpha value is 4.45. The molecule has 0 aliphatic carbocycles. The number of hydrogen-bond donors (Lipinski definition) is 0. The molecular formula is H16Li2O8Ti5. The second-order valence-corrected chi connectivity index (χ2v) is 0. The van der Waals surface area contributed by atoms with E-state index in [1.807, 2.05) is 0 Å². The summed E-state index contributed by atoms with van der Waals surface area (Å²) in [4.78, 5) is 0. The monoisotopic (exact) mass is 398 g/mol. The largest absolute Gasteiger partial charge is 0.412 e. The minimum absolute atomic E-state index is 0. The quantitative estimate of drug-likeness (QED) is 0.345. The van der Waals surface area contributed by atoms with Crippen molar-refractivity contribution in [2.24, 2.45) is 0 Å². The van der Waals surface area contributed by atoms with E-state index in [-0.39, 0.29) is 190 Å². The zero-order chi connectivity index (χ0) is 0. The van der Waals surface area contributed by atoms with Crippen molar-refractivity contribution >= 4 is 37.7 Å². The fourth-order valence-electron chi connectivity index (χ4n) is 0. The Bertz CT molecular complexity index is 21.0. The van der Waals surface area contributed by atoms with Crippen molar-refractivity contribution in [3.05, 3.63) is 0 Å². The van der Waals surface area contributed by atoms with Gasteiger partial charge in [0.1, 0.15) is 0 Å². The van der Waals surface area contributed by atoms with E-state index in [0.29, 0.717) is 0 Å². The van der Waals surface area contributed by atoms with Crippen molar-refractivity contribution < 1.29 is 152 Å². The van der Waals surface area contributed by atoms with Gasteiger partial charge in [0.15, 0.2) is 0 Å². The summed E-state index contributed by atoms with van der Waals surface area (Å²) in [5.74, 6) is 0. The van der Waals surface area contributed by atoms with Crippen molar-refractivity contribution in [3.8, 4) is 0 Å². The minimum Gasteiger partial charge on any atom is -0.412 e. The fraction of sp³-hybridized carbons (Fsp3) is 0. The maximum absolute atomic E-state index is 0. The summed E-state index contributed by atoms with van der Waals surface area (Å²) in [7, 11) is 0. The van der Waals surface area contributed by atoms with Crippen molar-refractivity contribution in [2.75, 3.05) is 0 Å². The molecule has 16 N–H and O–H groups in total. The molecule has 0 spiro atoms. The fourth-order valence-corrected chi connectivity index (χ4v) is 0. The molecule has 0 aromatic heterocycles. The summed E-state index contributed by atoms with van der Waals surface area (Å²) < 4.78 is 0. The van der Waals surface area contributed by atoms with Gasteiger partial charge in [-0.2, -0.15) is 0 Å². The second kappa shape index (κ2) is 284. The first kappa shape index (κ1) is 335. The van der Waals surface area contributed by atoms with E-state index >= 15 is 0 Å². The van der Waals surface area contributed by atoms with Gasteiger partial charge in [0.05, 0.1) is 0 Å². The Kier molecular flexibility index (Phi) is 6340. The van der Waals surface area contributed by atoms with Gasteiger partial charge in [0.25, 0.3) is 0 Å². The van der Waals surface area contributed by atoms with Gasteiger partial charge < -0.3 is 43.8 Å². The Morgan fingerprint density at radius 3 is 0.200 bits per heavy atom. The minimum atomic E-state index is 0. The van der Waals surface area contributed by atoms with E-state index in [9.17, 15) is 0 Å². The maximum Gasteiger partial charge on any atom is 0 e. The summed E-state index contributed by atoms with van der Waals surface area (Å²) >= 11 is 0. The van der Waals surface area contributed by atoms with Crippen LogP contribution in [0.5, 0.6) is 0 Å². The number of hydrogen-bond acceptors (Lipinski definition) is 0. The van der Waals surface area contributed by atoms with Crippen LogP contribution in [0.3, 0.4) is 0 Å². The van der Waals surface area contributed by atoms with Gasteiger partial charge in [0.2, 0.25) is 0 Å². The molecule has 0 aromatic carbocycles. The molecule has 0 fully saturated rings. The molecule has 0 amide bonds. The van der Waals surface area contributed by atoms with Gasteiger partial charge in [-0.05, 0) is 0 Å². The van der Waals surface area contributed by atoms with Crippen LogP contribution in [0.1, 0.15) is 0 Å². The molecule has 0 aromatic rings. The molecule has 0 heterocycles. The third kappa shape index (κ3) is 252. The summed E-state index contributed by atoms with van der Waals surface area (Å²) in [6, 6.07) is 0. The van der Waals surface area contributed by atoms with Crippen LogP contribution in [0.4, 0.5) is 0 Å². The first-order chi connectivity index (χ1) is 0. The Balaban J connectivity index is 0. The zero-order valence-corrected chi connectivity index (χ0v) is 16.3. The first-order valence-electron chi connectivity index (χ1n) is 0. The van der Waals surface area contributed by atoms with Crippen molar-refractivity contribution in [3.63, 3.8) is 0 Å². The van der Waals surface area contributed by atoms with Gasteiger partial charge in [-0.3, -0.25) is 0 Å². The van der Waals surface area contributed by atoms with E-state index in [1.54, 1.807) is 0 Å². The van der Waals surface area contributed by atoms with Crippen LogP contribution < -0.4 is 0 Å². The molecule has 8 nitrogen and oxygen atoms in total. The third-order valence-electron chi connectivity index (χ3n) is 0. The van der Waals surface area contributed by atoms with Gasteiger partial charge >= 0.3 is 0 Å². The molecular weight excluding hydrogens is 381 g/mol. The maximum atomic E-state index is 0. The zero-order valence-electron chi connectivity index (χ0n) is 8.50. The molecule has 0 saturated carbocycles. The second-order valence-electron chi connectivity index (χ2n) is 0. The molecule has 0 rings (SSSR count). The predicted molar refractivity (Wildman–Crippen MR) is 40.4 cm³/mol. The molecule has 0 saturated heterocycles. The molecule has 0 bridgehead atoms. The van der Waals surface area contributed by atoms with E-state index in [2.05, 4.69) is 0 Å². The van der Waals surface area contributed by atoms with E-state index < -0.39 is 0 Å². The normalized spacial score (nSPS) is 0. The molecule has 15 heavy (non-hydrogen) atoms. The molecule has 0 aliphatic heterocycles. The van der Waals surface area contributed by atoms with Crippen LogP contribution in [0.25, 0.3) is 0 Å². The number of rotatable bonds is 0. The Morgan fingerprint density at radius 2 is 0.200 bits per heavy atom. The smallest absolute Gasteiger partial charge is 0 e. The van der Waals surface area contributed by atoms with Gasteiger partial charge in [-0.15, -0.1) is 0 Å². The standard InChI is InChI=1S/2Li.8H2O.5Ti/h;;8*1H2;;;;;. The van der Waals surface area contributed by atoms with Gasteiger partial charge in [-0.1, -0.05) is 0 Å². The first-order valence-corrected chi connectivity index (χ1v) is 0. The molecule has 0 aliphatic rings. The summed E-state index contributed by atoms with van der Waals surface area (Å²) in [5.41, 5.74) is 0. The van der Waals surface area contributed by atoms with E-state index in [0.717, 1.165) is 0 Å². The molecule has 2 radical (unpaired) electrons.